The molecule has 3 heteroatoms. The zero-order valence-corrected chi connectivity index (χ0v) is 7.59. The maximum Gasteiger partial charge on any atom is 0.162 e. The smallest absolute Gasteiger partial charge is 0.162 e. The largest absolute Gasteiger partial charge is 0.396 e. The van der Waals surface area contributed by atoms with Gasteiger partial charge in [-0.3, -0.25) is 0 Å². The number of rotatable bonds is 1. The third-order valence-electron chi connectivity index (χ3n) is 1.21. The highest BCUT2D eigenvalue weighted by Crippen LogP contribution is 2.15. The first-order chi connectivity index (χ1) is 5.12. The van der Waals surface area contributed by atoms with Gasteiger partial charge in [-0.1, -0.05) is 6.92 Å². The van der Waals surface area contributed by atoms with Gasteiger partial charge < -0.3 is 14.6 Å². The molecule has 1 rings (SSSR count). The highest BCUT2D eigenvalue weighted by Gasteiger charge is 2.23. The first kappa shape index (κ1) is 10.9. The van der Waals surface area contributed by atoms with Gasteiger partial charge in [-0.05, 0) is 20.3 Å². The van der Waals surface area contributed by atoms with E-state index in [4.69, 9.17) is 14.6 Å². The monoisotopic (exact) mass is 162 g/mol. The van der Waals surface area contributed by atoms with Gasteiger partial charge in [0.25, 0.3) is 0 Å². The lowest BCUT2D eigenvalue weighted by molar-refractivity contribution is -0.125. The summed E-state index contributed by atoms with van der Waals surface area (Å²) in [6, 6.07) is 0. The molecule has 1 aliphatic heterocycles. The van der Waals surface area contributed by atoms with Crippen molar-refractivity contribution >= 4 is 0 Å². The van der Waals surface area contributed by atoms with E-state index in [9.17, 15) is 0 Å². The van der Waals surface area contributed by atoms with E-state index >= 15 is 0 Å². The first-order valence-corrected chi connectivity index (χ1v) is 4.01. The molecule has 1 aliphatic rings. The molecular weight excluding hydrogens is 144 g/mol. The van der Waals surface area contributed by atoms with Gasteiger partial charge in [-0.2, -0.15) is 0 Å². The Balaban J connectivity index is 0.000000218. The molecule has 0 bridgehead atoms. The van der Waals surface area contributed by atoms with Crippen molar-refractivity contribution in [1.82, 2.24) is 0 Å². The molecule has 0 atom stereocenters. The second-order valence-electron chi connectivity index (χ2n) is 2.82. The first-order valence-electron chi connectivity index (χ1n) is 4.01. The average Bonchev–Trinajstić information content (AvgIpc) is 2.35. The van der Waals surface area contributed by atoms with E-state index in [1.807, 2.05) is 20.8 Å². The van der Waals surface area contributed by atoms with Gasteiger partial charge in [-0.15, -0.1) is 0 Å². The molecule has 68 valence electrons. The molecule has 11 heavy (non-hydrogen) atoms. The van der Waals surface area contributed by atoms with Crippen LogP contribution >= 0.6 is 0 Å². The van der Waals surface area contributed by atoms with Crippen LogP contribution in [0.25, 0.3) is 0 Å². The van der Waals surface area contributed by atoms with E-state index in [2.05, 4.69) is 0 Å². The van der Waals surface area contributed by atoms with Crippen LogP contribution in [0.5, 0.6) is 0 Å². The number of hydrogen-bond donors (Lipinski definition) is 1. The summed E-state index contributed by atoms with van der Waals surface area (Å²) in [4.78, 5) is 0. The molecule has 0 saturated carbocycles. The van der Waals surface area contributed by atoms with Crippen molar-refractivity contribution in [3.63, 3.8) is 0 Å². The summed E-state index contributed by atoms with van der Waals surface area (Å²) in [6.45, 7) is 7.57. The quantitative estimate of drug-likeness (QED) is 0.628. The lowest BCUT2D eigenvalue weighted by atomic mass is 10.4. The van der Waals surface area contributed by atoms with Gasteiger partial charge in [-0.25, -0.2) is 0 Å². The topological polar surface area (TPSA) is 38.7 Å². The number of hydrogen-bond acceptors (Lipinski definition) is 3. The summed E-state index contributed by atoms with van der Waals surface area (Å²) in [7, 11) is 0. The molecule has 0 unspecified atom stereocenters. The Morgan fingerprint density at radius 2 is 1.64 bits per heavy atom. The summed E-state index contributed by atoms with van der Waals surface area (Å²) >= 11 is 0. The van der Waals surface area contributed by atoms with Gasteiger partial charge in [0, 0.05) is 6.61 Å². The Morgan fingerprint density at radius 3 is 1.73 bits per heavy atom. The molecular formula is C8H18O3. The molecule has 1 fully saturated rings. The lowest BCUT2D eigenvalue weighted by Crippen LogP contribution is -2.18. The number of ether oxygens (including phenoxy) is 2. The normalized spacial score (nSPS) is 20.7. The summed E-state index contributed by atoms with van der Waals surface area (Å²) in [5.74, 6) is -0.306. The third kappa shape index (κ3) is 6.28. The fraction of sp³-hybridized carbons (Fsp3) is 1.00. The van der Waals surface area contributed by atoms with Crippen molar-refractivity contribution in [2.75, 3.05) is 19.8 Å². The lowest BCUT2D eigenvalue weighted by Gasteiger charge is -2.13. The second kappa shape index (κ2) is 5.52. The molecule has 1 heterocycles. The van der Waals surface area contributed by atoms with Crippen LogP contribution in [0.3, 0.4) is 0 Å². The van der Waals surface area contributed by atoms with E-state index < -0.39 is 0 Å². The van der Waals surface area contributed by atoms with Crippen molar-refractivity contribution in [1.29, 1.82) is 0 Å². The Hall–Kier alpha value is -0.120. The van der Waals surface area contributed by atoms with Crippen LogP contribution in [0.15, 0.2) is 0 Å². The van der Waals surface area contributed by atoms with Crippen LogP contribution < -0.4 is 0 Å². The second-order valence-corrected chi connectivity index (χ2v) is 2.82. The molecule has 1 saturated heterocycles. The van der Waals surface area contributed by atoms with Crippen molar-refractivity contribution < 1.29 is 14.6 Å². The molecule has 3 nitrogen and oxygen atoms in total. The van der Waals surface area contributed by atoms with E-state index in [0.717, 1.165) is 19.6 Å². The number of aliphatic hydroxyl groups is 1. The van der Waals surface area contributed by atoms with E-state index in [1.54, 1.807) is 0 Å². The Kier molecular flexibility index (Phi) is 5.46. The van der Waals surface area contributed by atoms with E-state index in [1.165, 1.54) is 0 Å². The van der Waals surface area contributed by atoms with Gasteiger partial charge >= 0.3 is 0 Å². The number of aliphatic hydroxyl groups excluding tert-OH is 1. The SMILES string of the molecule is CC1(C)OCCO1.CCCO. The highest BCUT2D eigenvalue weighted by atomic mass is 16.7. The van der Waals surface area contributed by atoms with Gasteiger partial charge in [0.2, 0.25) is 0 Å². The molecule has 0 radical (unpaired) electrons. The van der Waals surface area contributed by atoms with Gasteiger partial charge in [0.15, 0.2) is 5.79 Å². The van der Waals surface area contributed by atoms with Crippen molar-refractivity contribution in [3.05, 3.63) is 0 Å². The van der Waals surface area contributed by atoms with Crippen LogP contribution in [0.2, 0.25) is 0 Å². The summed E-state index contributed by atoms with van der Waals surface area (Å²) in [5, 5.41) is 7.88. The minimum atomic E-state index is -0.306. The Labute approximate surface area is 68.3 Å². The summed E-state index contributed by atoms with van der Waals surface area (Å²) in [5.41, 5.74) is 0. The van der Waals surface area contributed by atoms with Crippen molar-refractivity contribution in [3.8, 4) is 0 Å². The van der Waals surface area contributed by atoms with Crippen LogP contribution in [-0.4, -0.2) is 30.7 Å². The fourth-order valence-electron chi connectivity index (χ4n) is 0.617. The Morgan fingerprint density at radius 1 is 1.27 bits per heavy atom. The summed E-state index contributed by atoms with van der Waals surface area (Å²) in [6.07, 6.45) is 0.875. The molecule has 0 aromatic rings. The molecule has 0 spiro atoms. The van der Waals surface area contributed by atoms with Crippen molar-refractivity contribution in [2.45, 2.75) is 33.0 Å². The van der Waals surface area contributed by atoms with E-state index in [-0.39, 0.29) is 5.79 Å². The molecule has 0 aromatic heterocycles. The zero-order chi connectivity index (χ0) is 8.74. The molecule has 0 amide bonds. The maximum absolute atomic E-state index is 7.88. The van der Waals surface area contributed by atoms with E-state index in [0.29, 0.717) is 6.61 Å². The molecule has 0 aromatic carbocycles. The maximum atomic E-state index is 7.88. The standard InChI is InChI=1S/C5H10O2.C3H8O/c1-5(2)6-3-4-7-5;1-2-3-4/h3-4H2,1-2H3;4H,2-3H2,1H3. The Bertz CT molecular complexity index is 81.3. The zero-order valence-electron chi connectivity index (χ0n) is 7.59. The van der Waals surface area contributed by atoms with Crippen LogP contribution in [0, 0.1) is 0 Å². The van der Waals surface area contributed by atoms with Crippen LogP contribution in [0.1, 0.15) is 27.2 Å². The average molecular weight is 162 g/mol. The summed E-state index contributed by atoms with van der Waals surface area (Å²) < 4.78 is 10.2. The van der Waals surface area contributed by atoms with Crippen LogP contribution in [0.4, 0.5) is 0 Å². The van der Waals surface area contributed by atoms with Crippen molar-refractivity contribution in [2.24, 2.45) is 0 Å². The molecule has 0 aliphatic carbocycles. The fourth-order valence-corrected chi connectivity index (χ4v) is 0.617. The minimum Gasteiger partial charge on any atom is -0.396 e. The highest BCUT2D eigenvalue weighted by molar-refractivity contribution is 4.58. The minimum absolute atomic E-state index is 0.306. The van der Waals surface area contributed by atoms with Gasteiger partial charge in [0.05, 0.1) is 13.2 Å². The predicted octanol–water partition coefficient (Wildman–Crippen LogP) is 1.16. The van der Waals surface area contributed by atoms with Gasteiger partial charge in [0.1, 0.15) is 0 Å². The van der Waals surface area contributed by atoms with Crippen LogP contribution in [-0.2, 0) is 9.47 Å². The third-order valence-corrected chi connectivity index (χ3v) is 1.21. The molecule has 1 N–H and O–H groups in total. The predicted molar refractivity (Wildman–Crippen MR) is 43.4 cm³/mol.